The second-order valence-corrected chi connectivity index (χ2v) is 4.27. The lowest BCUT2D eigenvalue weighted by molar-refractivity contribution is 0.188. The van der Waals surface area contributed by atoms with Crippen molar-refractivity contribution in [2.24, 2.45) is 0 Å². The molecule has 1 aromatic carbocycles. The van der Waals surface area contributed by atoms with Crippen molar-refractivity contribution in [2.75, 3.05) is 20.3 Å². The second-order valence-electron chi connectivity index (χ2n) is 4.27. The zero-order valence-corrected chi connectivity index (χ0v) is 10.9. The van der Waals surface area contributed by atoms with Crippen LogP contribution in [0.15, 0.2) is 18.2 Å². The molecular weight excluding hydrogens is 217 g/mol. The Morgan fingerprint density at radius 2 is 2.18 bits per heavy atom. The van der Waals surface area contributed by atoms with Crippen molar-refractivity contribution in [3.63, 3.8) is 0 Å². The molecule has 17 heavy (non-hydrogen) atoms. The van der Waals surface area contributed by atoms with Gasteiger partial charge in [0.25, 0.3) is 0 Å². The van der Waals surface area contributed by atoms with Gasteiger partial charge < -0.3 is 10.1 Å². The molecule has 1 atom stereocenters. The minimum atomic E-state index is -0.126. The topological polar surface area (TPSA) is 21.3 Å². The summed E-state index contributed by atoms with van der Waals surface area (Å²) >= 11 is 0. The molecular formula is C14H22FNO. The van der Waals surface area contributed by atoms with Crippen molar-refractivity contribution in [2.45, 2.75) is 32.7 Å². The summed E-state index contributed by atoms with van der Waals surface area (Å²) in [5, 5.41) is 3.33. The predicted octanol–water partition coefficient (Wildman–Crippen LogP) is 3.21. The Labute approximate surface area is 103 Å². The third kappa shape index (κ3) is 4.44. The molecule has 2 nitrogen and oxygen atoms in total. The van der Waals surface area contributed by atoms with E-state index in [0.29, 0.717) is 0 Å². The summed E-state index contributed by atoms with van der Waals surface area (Å²) < 4.78 is 18.8. The summed E-state index contributed by atoms with van der Waals surface area (Å²) in [7, 11) is 1.69. The number of hydrogen-bond donors (Lipinski definition) is 1. The molecule has 0 aliphatic rings. The van der Waals surface area contributed by atoms with Crippen molar-refractivity contribution >= 4 is 0 Å². The maximum absolute atomic E-state index is 13.8. The summed E-state index contributed by atoms with van der Waals surface area (Å²) in [6.07, 6.45) is 1.82. The predicted molar refractivity (Wildman–Crippen MR) is 68.7 cm³/mol. The van der Waals surface area contributed by atoms with E-state index in [1.807, 2.05) is 19.9 Å². The van der Waals surface area contributed by atoms with Gasteiger partial charge >= 0.3 is 0 Å². The molecule has 0 saturated carbocycles. The highest BCUT2D eigenvalue weighted by atomic mass is 19.1. The summed E-state index contributed by atoms with van der Waals surface area (Å²) in [4.78, 5) is 0. The van der Waals surface area contributed by atoms with E-state index in [-0.39, 0.29) is 11.9 Å². The Balaban J connectivity index is 2.77. The second kappa shape index (κ2) is 7.41. The molecule has 0 fully saturated rings. The van der Waals surface area contributed by atoms with Gasteiger partial charge in [0.05, 0.1) is 0 Å². The number of aryl methyl sites for hydroxylation is 1. The molecule has 0 aromatic heterocycles. The van der Waals surface area contributed by atoms with Gasteiger partial charge in [0.1, 0.15) is 5.82 Å². The Bertz CT molecular complexity index is 341. The normalized spacial score (nSPS) is 12.7. The summed E-state index contributed by atoms with van der Waals surface area (Å²) in [5.41, 5.74) is 1.86. The summed E-state index contributed by atoms with van der Waals surface area (Å²) in [6.45, 7) is 5.58. The van der Waals surface area contributed by atoms with Gasteiger partial charge in [-0.1, -0.05) is 24.6 Å². The average molecular weight is 239 g/mol. The van der Waals surface area contributed by atoms with Crippen molar-refractivity contribution in [1.82, 2.24) is 5.32 Å². The number of halogens is 1. The van der Waals surface area contributed by atoms with Gasteiger partial charge in [-0.25, -0.2) is 4.39 Å². The highest BCUT2D eigenvalue weighted by molar-refractivity contribution is 5.26. The van der Waals surface area contributed by atoms with Crippen molar-refractivity contribution in [3.05, 3.63) is 35.1 Å². The number of rotatable bonds is 7. The van der Waals surface area contributed by atoms with Crippen LogP contribution in [0.25, 0.3) is 0 Å². The molecule has 0 bridgehead atoms. The molecule has 0 saturated heterocycles. The molecule has 96 valence electrons. The van der Waals surface area contributed by atoms with E-state index in [4.69, 9.17) is 4.74 Å². The zero-order valence-electron chi connectivity index (χ0n) is 10.9. The smallest absolute Gasteiger partial charge is 0.127 e. The fourth-order valence-electron chi connectivity index (χ4n) is 1.98. The highest BCUT2D eigenvalue weighted by Crippen LogP contribution is 2.22. The largest absolute Gasteiger partial charge is 0.385 e. The van der Waals surface area contributed by atoms with Gasteiger partial charge in [-0.3, -0.25) is 0 Å². The first kappa shape index (κ1) is 14.1. The molecule has 0 amide bonds. The first-order chi connectivity index (χ1) is 8.19. The molecule has 0 heterocycles. The standard InChI is InChI=1S/C14H22FNO/c1-4-16-14(6-5-9-17-3)12-10-11(2)7-8-13(12)15/h7-8,10,14,16H,4-6,9H2,1-3H3. The van der Waals surface area contributed by atoms with Crippen LogP contribution in [0.2, 0.25) is 0 Å². The first-order valence-corrected chi connectivity index (χ1v) is 6.17. The van der Waals surface area contributed by atoms with Gasteiger partial charge in [0, 0.05) is 25.3 Å². The Morgan fingerprint density at radius 3 is 2.82 bits per heavy atom. The van der Waals surface area contributed by atoms with Crippen LogP contribution < -0.4 is 5.32 Å². The van der Waals surface area contributed by atoms with Gasteiger partial charge in [-0.2, -0.15) is 0 Å². The monoisotopic (exact) mass is 239 g/mol. The molecule has 3 heteroatoms. The number of nitrogens with one attached hydrogen (secondary N) is 1. The van der Waals surface area contributed by atoms with Crippen LogP contribution >= 0.6 is 0 Å². The SMILES string of the molecule is CCNC(CCCOC)c1cc(C)ccc1F. The lowest BCUT2D eigenvalue weighted by atomic mass is 9.99. The molecule has 1 aromatic rings. The van der Waals surface area contributed by atoms with E-state index in [0.717, 1.165) is 37.1 Å². The quantitative estimate of drug-likeness (QED) is 0.738. The minimum Gasteiger partial charge on any atom is -0.385 e. The van der Waals surface area contributed by atoms with E-state index in [2.05, 4.69) is 5.32 Å². The van der Waals surface area contributed by atoms with E-state index in [1.165, 1.54) is 0 Å². The number of hydrogen-bond acceptors (Lipinski definition) is 2. The van der Waals surface area contributed by atoms with E-state index in [9.17, 15) is 4.39 Å². The van der Waals surface area contributed by atoms with Gasteiger partial charge in [-0.15, -0.1) is 0 Å². The third-order valence-corrected chi connectivity index (χ3v) is 2.82. The van der Waals surface area contributed by atoms with Crippen LogP contribution in [-0.2, 0) is 4.74 Å². The molecule has 0 spiro atoms. The van der Waals surface area contributed by atoms with E-state index in [1.54, 1.807) is 19.2 Å². The maximum atomic E-state index is 13.8. The highest BCUT2D eigenvalue weighted by Gasteiger charge is 2.14. The number of methoxy groups -OCH3 is 1. The number of benzene rings is 1. The molecule has 0 radical (unpaired) electrons. The Kier molecular flexibility index (Phi) is 6.16. The zero-order chi connectivity index (χ0) is 12.7. The fourth-order valence-corrected chi connectivity index (χ4v) is 1.98. The van der Waals surface area contributed by atoms with E-state index >= 15 is 0 Å². The van der Waals surface area contributed by atoms with Gasteiger partial charge in [-0.05, 0) is 32.4 Å². The minimum absolute atomic E-state index is 0.0787. The average Bonchev–Trinajstić information content (AvgIpc) is 2.32. The molecule has 1 unspecified atom stereocenters. The Morgan fingerprint density at radius 1 is 1.41 bits per heavy atom. The van der Waals surface area contributed by atoms with Crippen molar-refractivity contribution in [3.8, 4) is 0 Å². The van der Waals surface area contributed by atoms with Crippen molar-refractivity contribution in [1.29, 1.82) is 0 Å². The third-order valence-electron chi connectivity index (χ3n) is 2.82. The Hall–Kier alpha value is -0.930. The van der Waals surface area contributed by atoms with Crippen molar-refractivity contribution < 1.29 is 9.13 Å². The van der Waals surface area contributed by atoms with Crippen LogP contribution in [0.4, 0.5) is 4.39 Å². The molecule has 1 N–H and O–H groups in total. The van der Waals surface area contributed by atoms with Crippen LogP contribution in [0, 0.1) is 12.7 Å². The van der Waals surface area contributed by atoms with Crippen LogP contribution in [0.5, 0.6) is 0 Å². The molecule has 0 aliphatic carbocycles. The van der Waals surface area contributed by atoms with Gasteiger partial charge in [0.15, 0.2) is 0 Å². The number of ether oxygens (including phenoxy) is 1. The molecule has 0 aliphatic heterocycles. The fraction of sp³-hybridized carbons (Fsp3) is 0.571. The lowest BCUT2D eigenvalue weighted by Gasteiger charge is -2.19. The first-order valence-electron chi connectivity index (χ1n) is 6.17. The van der Waals surface area contributed by atoms with Gasteiger partial charge in [0.2, 0.25) is 0 Å². The summed E-state index contributed by atoms with van der Waals surface area (Å²) in [5.74, 6) is -0.126. The maximum Gasteiger partial charge on any atom is 0.127 e. The van der Waals surface area contributed by atoms with E-state index < -0.39 is 0 Å². The molecule has 1 rings (SSSR count). The van der Waals surface area contributed by atoms with Crippen LogP contribution in [-0.4, -0.2) is 20.3 Å². The lowest BCUT2D eigenvalue weighted by Crippen LogP contribution is -2.22. The summed E-state index contributed by atoms with van der Waals surface area (Å²) in [6, 6.07) is 5.35. The van der Waals surface area contributed by atoms with Crippen LogP contribution in [0.3, 0.4) is 0 Å². The van der Waals surface area contributed by atoms with Crippen LogP contribution in [0.1, 0.15) is 36.9 Å².